The van der Waals surface area contributed by atoms with Gasteiger partial charge in [-0.15, -0.1) is 0 Å². The fraction of sp³-hybridized carbons (Fsp3) is 0.125. The quantitative estimate of drug-likeness (QED) is 0.670. The molecule has 2 N–H and O–H groups in total. The second-order valence-corrected chi connectivity index (χ2v) is 4.64. The van der Waals surface area contributed by atoms with E-state index in [1.165, 1.54) is 13.1 Å². The highest BCUT2D eigenvalue weighted by Crippen LogP contribution is 2.11. The number of hydrogen-bond acceptors (Lipinski definition) is 4. The average Bonchev–Trinajstić information content (AvgIpc) is 2.52. The zero-order chi connectivity index (χ0) is 15.9. The monoisotopic (exact) mass is 296 g/mol. The summed E-state index contributed by atoms with van der Waals surface area (Å²) in [7, 11) is 0. The van der Waals surface area contributed by atoms with Crippen molar-refractivity contribution < 1.29 is 9.59 Å². The Hall–Kier alpha value is -3.02. The highest BCUT2D eigenvalue weighted by molar-refractivity contribution is 6.02. The van der Waals surface area contributed by atoms with Gasteiger partial charge in [-0.3, -0.25) is 14.6 Å². The lowest BCUT2D eigenvalue weighted by atomic mass is 10.1. The van der Waals surface area contributed by atoms with Gasteiger partial charge in [-0.05, 0) is 36.8 Å². The Kier molecular flexibility index (Phi) is 4.98. The van der Waals surface area contributed by atoms with Crippen LogP contribution in [0.4, 0.5) is 5.69 Å². The number of benzene rings is 1. The molecule has 22 heavy (non-hydrogen) atoms. The number of rotatable bonds is 4. The molecule has 0 aliphatic rings. The molecular weight excluding hydrogens is 280 g/mol. The third kappa shape index (κ3) is 4.24. The van der Waals surface area contributed by atoms with Gasteiger partial charge in [0.15, 0.2) is 0 Å². The zero-order valence-corrected chi connectivity index (χ0v) is 12.3. The van der Waals surface area contributed by atoms with Crippen LogP contribution >= 0.6 is 0 Å². The highest BCUT2D eigenvalue weighted by Gasteiger charge is 2.05. The van der Waals surface area contributed by atoms with E-state index in [1.54, 1.807) is 37.4 Å². The molecule has 0 radical (unpaired) electrons. The van der Waals surface area contributed by atoms with Crippen LogP contribution in [-0.4, -0.2) is 22.5 Å². The number of hydrazone groups is 1. The van der Waals surface area contributed by atoms with E-state index in [2.05, 4.69) is 20.8 Å². The maximum atomic E-state index is 11.9. The predicted molar refractivity (Wildman–Crippen MR) is 84.7 cm³/mol. The Labute approximate surface area is 128 Å². The minimum atomic E-state index is -0.328. The Morgan fingerprint density at radius 2 is 1.86 bits per heavy atom. The van der Waals surface area contributed by atoms with Gasteiger partial charge in [-0.1, -0.05) is 12.1 Å². The molecule has 1 aromatic carbocycles. The van der Waals surface area contributed by atoms with Crippen LogP contribution in [-0.2, 0) is 4.79 Å². The second kappa shape index (κ2) is 7.12. The molecule has 0 fully saturated rings. The lowest BCUT2D eigenvalue weighted by molar-refractivity contribution is -0.114. The van der Waals surface area contributed by atoms with E-state index in [4.69, 9.17) is 0 Å². The molecule has 2 amide bonds. The Morgan fingerprint density at radius 1 is 1.09 bits per heavy atom. The summed E-state index contributed by atoms with van der Waals surface area (Å²) in [6.45, 7) is 3.22. The summed E-state index contributed by atoms with van der Waals surface area (Å²) in [6.07, 6.45) is 3.07. The molecule has 0 unspecified atom stereocenters. The number of carbonyl (C=O) groups is 2. The minimum Gasteiger partial charge on any atom is -0.326 e. The number of carbonyl (C=O) groups excluding carboxylic acids is 2. The molecule has 1 aromatic heterocycles. The SMILES string of the molecule is CC(=O)Nc1cccc(/C(C)=N/NC(=O)c2cccnc2)c1. The lowest BCUT2D eigenvalue weighted by Crippen LogP contribution is -2.19. The molecule has 0 aliphatic carbocycles. The lowest BCUT2D eigenvalue weighted by Gasteiger charge is -2.06. The van der Waals surface area contributed by atoms with Crippen LogP contribution in [0, 0.1) is 0 Å². The predicted octanol–water partition coefficient (Wildman–Crippen LogP) is 2.19. The number of anilines is 1. The molecule has 112 valence electrons. The van der Waals surface area contributed by atoms with Gasteiger partial charge in [0, 0.05) is 25.0 Å². The van der Waals surface area contributed by atoms with E-state index in [-0.39, 0.29) is 11.8 Å². The number of pyridine rings is 1. The third-order valence-corrected chi connectivity index (χ3v) is 2.85. The first kappa shape index (κ1) is 15.4. The molecular formula is C16H16N4O2. The normalized spacial score (nSPS) is 10.9. The van der Waals surface area contributed by atoms with Gasteiger partial charge in [0.2, 0.25) is 5.91 Å². The van der Waals surface area contributed by atoms with Crippen molar-refractivity contribution >= 4 is 23.2 Å². The molecule has 2 aromatic rings. The first-order valence-corrected chi connectivity index (χ1v) is 6.69. The molecule has 0 saturated carbocycles. The smallest absolute Gasteiger partial charge is 0.272 e. The molecule has 0 spiro atoms. The van der Waals surface area contributed by atoms with Crippen LogP contribution in [0.3, 0.4) is 0 Å². The molecule has 2 rings (SSSR count). The molecule has 0 atom stereocenters. The van der Waals surface area contributed by atoms with Gasteiger partial charge in [-0.25, -0.2) is 5.43 Å². The number of nitrogens with zero attached hydrogens (tertiary/aromatic N) is 2. The topological polar surface area (TPSA) is 83.5 Å². The van der Waals surface area contributed by atoms with Crippen molar-refractivity contribution in [1.82, 2.24) is 10.4 Å². The highest BCUT2D eigenvalue weighted by atomic mass is 16.2. The first-order valence-electron chi connectivity index (χ1n) is 6.69. The minimum absolute atomic E-state index is 0.142. The van der Waals surface area contributed by atoms with Crippen molar-refractivity contribution in [3.63, 3.8) is 0 Å². The van der Waals surface area contributed by atoms with Crippen LogP contribution < -0.4 is 10.7 Å². The van der Waals surface area contributed by atoms with E-state index in [0.29, 0.717) is 17.0 Å². The standard InChI is InChI=1S/C16H16N4O2/c1-11(13-5-3-7-15(9-13)18-12(2)21)19-20-16(22)14-6-4-8-17-10-14/h3-10H,1-2H3,(H,18,21)(H,20,22)/b19-11+. The molecule has 1 heterocycles. The van der Waals surface area contributed by atoms with E-state index in [9.17, 15) is 9.59 Å². The van der Waals surface area contributed by atoms with Crippen molar-refractivity contribution in [3.8, 4) is 0 Å². The number of aromatic nitrogens is 1. The molecule has 6 nitrogen and oxygen atoms in total. The van der Waals surface area contributed by atoms with E-state index < -0.39 is 0 Å². The van der Waals surface area contributed by atoms with Crippen molar-refractivity contribution in [2.24, 2.45) is 5.10 Å². The first-order chi connectivity index (χ1) is 10.6. The summed E-state index contributed by atoms with van der Waals surface area (Å²) in [4.78, 5) is 26.8. The summed E-state index contributed by atoms with van der Waals surface area (Å²) in [5, 5.41) is 6.77. The second-order valence-electron chi connectivity index (χ2n) is 4.64. The van der Waals surface area contributed by atoms with Crippen LogP contribution in [0.25, 0.3) is 0 Å². The van der Waals surface area contributed by atoms with Crippen LogP contribution in [0.5, 0.6) is 0 Å². The Balaban J connectivity index is 2.09. The van der Waals surface area contributed by atoms with Crippen LogP contribution in [0.1, 0.15) is 29.8 Å². The van der Waals surface area contributed by atoms with Gasteiger partial charge in [-0.2, -0.15) is 5.10 Å². The van der Waals surface area contributed by atoms with Gasteiger partial charge in [0.25, 0.3) is 5.91 Å². The van der Waals surface area contributed by atoms with Gasteiger partial charge >= 0.3 is 0 Å². The fourth-order valence-electron chi connectivity index (χ4n) is 1.79. The molecule has 0 saturated heterocycles. The van der Waals surface area contributed by atoms with Crippen LogP contribution in [0.2, 0.25) is 0 Å². The zero-order valence-electron chi connectivity index (χ0n) is 12.3. The number of hydrogen-bond donors (Lipinski definition) is 2. The molecule has 0 aliphatic heterocycles. The Morgan fingerprint density at radius 3 is 2.55 bits per heavy atom. The van der Waals surface area contributed by atoms with Crippen molar-refractivity contribution in [2.45, 2.75) is 13.8 Å². The fourth-order valence-corrected chi connectivity index (χ4v) is 1.79. The summed E-state index contributed by atoms with van der Waals surface area (Å²) in [5.41, 5.74) is 5.03. The third-order valence-electron chi connectivity index (χ3n) is 2.85. The largest absolute Gasteiger partial charge is 0.326 e. The van der Waals surface area contributed by atoms with Crippen LogP contribution in [0.15, 0.2) is 53.9 Å². The van der Waals surface area contributed by atoms with Crippen molar-refractivity contribution in [3.05, 3.63) is 59.9 Å². The maximum absolute atomic E-state index is 11.9. The van der Waals surface area contributed by atoms with E-state index in [0.717, 1.165) is 5.56 Å². The average molecular weight is 296 g/mol. The van der Waals surface area contributed by atoms with E-state index >= 15 is 0 Å². The van der Waals surface area contributed by atoms with Crippen molar-refractivity contribution in [1.29, 1.82) is 0 Å². The van der Waals surface area contributed by atoms with E-state index in [1.807, 2.05) is 12.1 Å². The Bertz CT molecular complexity index is 711. The summed E-state index contributed by atoms with van der Waals surface area (Å²) < 4.78 is 0. The van der Waals surface area contributed by atoms with Crippen molar-refractivity contribution in [2.75, 3.05) is 5.32 Å². The van der Waals surface area contributed by atoms with Gasteiger partial charge in [0.05, 0.1) is 11.3 Å². The summed E-state index contributed by atoms with van der Waals surface area (Å²) in [6, 6.07) is 10.6. The summed E-state index contributed by atoms with van der Waals surface area (Å²) in [5.74, 6) is -0.470. The summed E-state index contributed by atoms with van der Waals surface area (Å²) >= 11 is 0. The number of amides is 2. The number of nitrogens with one attached hydrogen (secondary N) is 2. The molecule has 6 heteroatoms. The van der Waals surface area contributed by atoms with Gasteiger partial charge < -0.3 is 5.32 Å². The van der Waals surface area contributed by atoms with Gasteiger partial charge in [0.1, 0.15) is 0 Å². The molecule has 0 bridgehead atoms. The maximum Gasteiger partial charge on any atom is 0.272 e.